The van der Waals surface area contributed by atoms with E-state index in [1.54, 1.807) is 19.0 Å². The highest BCUT2D eigenvalue weighted by Gasteiger charge is 2.43. The molecule has 2 rings (SSSR count). The second-order valence-corrected chi connectivity index (χ2v) is 6.70. The molecule has 0 radical (unpaired) electrons. The van der Waals surface area contributed by atoms with E-state index in [9.17, 15) is 14.4 Å². The molecule has 6 heteroatoms. The smallest absolute Gasteiger partial charge is 0.247 e. The lowest BCUT2D eigenvalue weighted by molar-refractivity contribution is -0.142. The molecule has 0 aromatic rings. The van der Waals surface area contributed by atoms with E-state index in [-0.39, 0.29) is 17.7 Å². The third kappa shape index (κ3) is 3.78. The van der Waals surface area contributed by atoms with E-state index in [0.717, 1.165) is 32.1 Å². The summed E-state index contributed by atoms with van der Waals surface area (Å²) in [5.74, 6) is -0.331. The normalized spacial score (nSPS) is 24.8. The topological polar surface area (TPSA) is 78.5 Å². The maximum absolute atomic E-state index is 12.6. The molecule has 1 heterocycles. The molecule has 124 valence electrons. The van der Waals surface area contributed by atoms with Gasteiger partial charge in [-0.15, -0.1) is 0 Å². The minimum atomic E-state index is -0.796. The van der Waals surface area contributed by atoms with Crippen LogP contribution in [0.1, 0.15) is 57.8 Å². The molecule has 0 aromatic heterocycles. The molecule has 0 unspecified atom stereocenters. The number of amides is 3. The molecule has 0 bridgehead atoms. The van der Waals surface area contributed by atoms with Crippen LogP contribution in [-0.4, -0.2) is 48.3 Å². The van der Waals surface area contributed by atoms with Gasteiger partial charge in [-0.05, 0) is 25.7 Å². The molecule has 1 saturated carbocycles. The Balaban J connectivity index is 2.10. The summed E-state index contributed by atoms with van der Waals surface area (Å²) in [5.41, 5.74) is -0.796. The number of carbonyl (C=O) groups is 3. The second-order valence-electron chi connectivity index (χ2n) is 6.70. The zero-order valence-electron chi connectivity index (χ0n) is 13.6. The highest BCUT2D eigenvalue weighted by molar-refractivity contribution is 5.94. The van der Waals surface area contributed by atoms with Crippen molar-refractivity contribution in [2.75, 3.05) is 14.1 Å². The molecule has 0 aromatic carbocycles. The Morgan fingerprint density at radius 3 is 2.45 bits per heavy atom. The van der Waals surface area contributed by atoms with Crippen LogP contribution in [0.5, 0.6) is 0 Å². The molecule has 2 N–H and O–H groups in total. The van der Waals surface area contributed by atoms with E-state index >= 15 is 0 Å². The van der Waals surface area contributed by atoms with E-state index in [0.29, 0.717) is 25.7 Å². The van der Waals surface area contributed by atoms with Crippen LogP contribution >= 0.6 is 0 Å². The Bertz CT molecular complexity index is 442. The fourth-order valence-corrected chi connectivity index (χ4v) is 3.47. The Morgan fingerprint density at radius 2 is 1.82 bits per heavy atom. The summed E-state index contributed by atoms with van der Waals surface area (Å²) in [4.78, 5) is 38.4. The molecular formula is C16H27N3O3. The first kappa shape index (κ1) is 16.8. The van der Waals surface area contributed by atoms with Gasteiger partial charge in [-0.3, -0.25) is 14.4 Å². The van der Waals surface area contributed by atoms with E-state index < -0.39 is 11.6 Å². The first-order valence-corrected chi connectivity index (χ1v) is 8.28. The van der Waals surface area contributed by atoms with Gasteiger partial charge in [0.2, 0.25) is 17.7 Å². The van der Waals surface area contributed by atoms with E-state index in [1.165, 1.54) is 0 Å². The van der Waals surface area contributed by atoms with Gasteiger partial charge in [-0.25, -0.2) is 0 Å². The number of carbonyl (C=O) groups excluding carboxylic acids is 3. The lowest BCUT2D eigenvalue weighted by atomic mass is 9.80. The van der Waals surface area contributed by atoms with Crippen molar-refractivity contribution in [3.05, 3.63) is 0 Å². The lowest BCUT2D eigenvalue weighted by Crippen LogP contribution is -2.62. The number of rotatable bonds is 3. The number of nitrogens with zero attached hydrogens (tertiary/aromatic N) is 1. The molecule has 1 atom stereocenters. The van der Waals surface area contributed by atoms with Gasteiger partial charge in [0.05, 0.1) is 0 Å². The van der Waals surface area contributed by atoms with Gasteiger partial charge in [-0.2, -0.15) is 0 Å². The minimum Gasteiger partial charge on any atom is -0.347 e. The summed E-state index contributed by atoms with van der Waals surface area (Å²) < 4.78 is 0. The van der Waals surface area contributed by atoms with Crippen LogP contribution in [0.15, 0.2) is 0 Å². The van der Waals surface area contributed by atoms with Crippen molar-refractivity contribution in [1.29, 1.82) is 0 Å². The van der Waals surface area contributed by atoms with Crippen molar-refractivity contribution in [3.63, 3.8) is 0 Å². The van der Waals surface area contributed by atoms with Gasteiger partial charge in [0.25, 0.3) is 0 Å². The van der Waals surface area contributed by atoms with Crippen LogP contribution in [0.2, 0.25) is 0 Å². The Morgan fingerprint density at radius 1 is 1.14 bits per heavy atom. The van der Waals surface area contributed by atoms with E-state index in [2.05, 4.69) is 10.6 Å². The van der Waals surface area contributed by atoms with E-state index in [1.807, 2.05) is 0 Å². The third-order valence-corrected chi connectivity index (χ3v) is 4.68. The van der Waals surface area contributed by atoms with Crippen LogP contribution in [0.25, 0.3) is 0 Å². The molecular weight excluding hydrogens is 282 g/mol. The standard InChI is InChI=1S/C16H27N3O3/c1-19(2)15(22)16(10-6-3-7-11-16)18-14(21)12-8-4-5-9-13(20)17-12/h12H,3-11H2,1-2H3,(H,17,20)(H,18,21)/t12-/m0/s1. The highest BCUT2D eigenvalue weighted by atomic mass is 16.2. The predicted octanol–water partition coefficient (Wildman–Crippen LogP) is 0.952. The lowest BCUT2D eigenvalue weighted by Gasteiger charge is -2.39. The van der Waals surface area contributed by atoms with Gasteiger partial charge in [0.1, 0.15) is 11.6 Å². The number of hydrogen-bond donors (Lipinski definition) is 2. The fourth-order valence-electron chi connectivity index (χ4n) is 3.47. The van der Waals surface area contributed by atoms with Crippen molar-refractivity contribution in [2.45, 2.75) is 69.4 Å². The van der Waals surface area contributed by atoms with Crippen LogP contribution in [0.4, 0.5) is 0 Å². The highest BCUT2D eigenvalue weighted by Crippen LogP contribution is 2.30. The van der Waals surface area contributed by atoms with Gasteiger partial charge < -0.3 is 15.5 Å². The summed E-state index contributed by atoms with van der Waals surface area (Å²) >= 11 is 0. The predicted molar refractivity (Wildman–Crippen MR) is 83.1 cm³/mol. The molecule has 3 amide bonds. The molecule has 1 aliphatic heterocycles. The van der Waals surface area contributed by atoms with Gasteiger partial charge in [0, 0.05) is 20.5 Å². The van der Waals surface area contributed by atoms with Crippen molar-refractivity contribution in [1.82, 2.24) is 15.5 Å². The Hall–Kier alpha value is -1.59. The molecule has 0 spiro atoms. The zero-order chi connectivity index (χ0) is 16.2. The largest absolute Gasteiger partial charge is 0.347 e. The second kappa shape index (κ2) is 7.11. The summed E-state index contributed by atoms with van der Waals surface area (Å²) in [6.45, 7) is 0. The number of likely N-dealkylation sites (N-methyl/N-ethyl adjacent to an activating group) is 1. The van der Waals surface area contributed by atoms with Gasteiger partial charge >= 0.3 is 0 Å². The van der Waals surface area contributed by atoms with Crippen LogP contribution < -0.4 is 10.6 Å². The quantitative estimate of drug-likeness (QED) is 0.815. The zero-order valence-corrected chi connectivity index (χ0v) is 13.6. The average molecular weight is 309 g/mol. The minimum absolute atomic E-state index is 0.0412. The summed E-state index contributed by atoms with van der Waals surface area (Å²) in [5, 5.41) is 5.76. The maximum atomic E-state index is 12.6. The van der Waals surface area contributed by atoms with Crippen LogP contribution in [0, 0.1) is 0 Å². The summed E-state index contributed by atoms with van der Waals surface area (Å²) in [7, 11) is 3.44. The molecule has 1 aliphatic carbocycles. The number of hydrogen-bond acceptors (Lipinski definition) is 3. The van der Waals surface area contributed by atoms with Crippen LogP contribution in [0.3, 0.4) is 0 Å². The monoisotopic (exact) mass is 309 g/mol. The third-order valence-electron chi connectivity index (χ3n) is 4.68. The molecule has 1 saturated heterocycles. The van der Waals surface area contributed by atoms with Crippen molar-refractivity contribution < 1.29 is 14.4 Å². The summed E-state index contributed by atoms with van der Waals surface area (Å²) in [6, 6.07) is -0.510. The SMILES string of the molecule is CN(C)C(=O)C1(NC(=O)[C@@H]2CCCCC(=O)N2)CCCCC1. The summed E-state index contributed by atoms with van der Waals surface area (Å²) in [6.07, 6.45) is 7.12. The molecule has 22 heavy (non-hydrogen) atoms. The van der Waals surface area contributed by atoms with Crippen LogP contribution in [-0.2, 0) is 14.4 Å². The molecule has 2 fully saturated rings. The molecule has 6 nitrogen and oxygen atoms in total. The number of nitrogens with one attached hydrogen (secondary N) is 2. The van der Waals surface area contributed by atoms with Crippen molar-refractivity contribution in [3.8, 4) is 0 Å². The maximum Gasteiger partial charge on any atom is 0.247 e. The first-order valence-electron chi connectivity index (χ1n) is 8.28. The van der Waals surface area contributed by atoms with Crippen molar-refractivity contribution >= 4 is 17.7 Å². The fraction of sp³-hybridized carbons (Fsp3) is 0.812. The van der Waals surface area contributed by atoms with Crippen molar-refractivity contribution in [2.24, 2.45) is 0 Å². The Labute approximate surface area is 132 Å². The first-order chi connectivity index (χ1) is 10.4. The average Bonchev–Trinajstić information content (AvgIpc) is 2.72. The molecule has 2 aliphatic rings. The Kier molecular flexibility index (Phi) is 5.42. The van der Waals surface area contributed by atoms with Gasteiger partial charge in [-0.1, -0.05) is 25.7 Å². The van der Waals surface area contributed by atoms with Gasteiger partial charge in [0.15, 0.2) is 0 Å². The van der Waals surface area contributed by atoms with E-state index in [4.69, 9.17) is 0 Å².